The summed E-state index contributed by atoms with van der Waals surface area (Å²) in [5.41, 5.74) is 1.75. The highest BCUT2D eigenvalue weighted by Gasteiger charge is 2.23. The van der Waals surface area contributed by atoms with Gasteiger partial charge in [-0.15, -0.1) is 6.58 Å². The van der Waals surface area contributed by atoms with Gasteiger partial charge < -0.3 is 14.9 Å². The quantitative estimate of drug-likeness (QED) is 0.813. The molecule has 2 aromatic carbocycles. The fraction of sp³-hybridized carbons (Fsp3) is 0.286. The summed E-state index contributed by atoms with van der Waals surface area (Å²) in [5, 5.41) is 10.0. The average Bonchev–Trinajstić information content (AvgIpc) is 2.68. The summed E-state index contributed by atoms with van der Waals surface area (Å²) >= 11 is 0. The first-order valence-electron chi connectivity index (χ1n) is 8.90. The number of carbonyl (C=O) groups excluding carboxylic acids is 1. The molecule has 5 nitrogen and oxygen atoms in total. The first-order valence-corrected chi connectivity index (χ1v) is 8.90. The van der Waals surface area contributed by atoms with Gasteiger partial charge in [-0.2, -0.15) is 0 Å². The van der Waals surface area contributed by atoms with Crippen molar-refractivity contribution in [3.8, 4) is 5.75 Å². The van der Waals surface area contributed by atoms with Crippen LogP contribution in [-0.4, -0.2) is 55.2 Å². The van der Waals surface area contributed by atoms with Crippen LogP contribution >= 0.6 is 0 Å². The standard InChI is InChI=1S/C21H25N3O2/c1-2-12-24(18-8-4-3-5-9-18)21(26)17-22-13-15-23(16-14-22)19-10-6-7-11-20(19)25/h2-11,25H,1,12-17H2. The highest BCUT2D eigenvalue weighted by Crippen LogP contribution is 2.27. The number of piperazine rings is 1. The zero-order valence-corrected chi connectivity index (χ0v) is 14.9. The van der Waals surface area contributed by atoms with Gasteiger partial charge in [0.1, 0.15) is 5.75 Å². The molecule has 0 radical (unpaired) electrons. The van der Waals surface area contributed by atoms with E-state index in [2.05, 4.69) is 16.4 Å². The molecule has 5 heteroatoms. The van der Waals surface area contributed by atoms with Crippen LogP contribution in [0.15, 0.2) is 67.3 Å². The maximum absolute atomic E-state index is 12.8. The van der Waals surface area contributed by atoms with E-state index in [-0.39, 0.29) is 5.91 Å². The Balaban J connectivity index is 1.59. The maximum atomic E-state index is 12.8. The topological polar surface area (TPSA) is 47.0 Å². The monoisotopic (exact) mass is 351 g/mol. The van der Waals surface area contributed by atoms with Crippen LogP contribution in [0.5, 0.6) is 5.75 Å². The number of para-hydroxylation sites is 3. The second-order valence-electron chi connectivity index (χ2n) is 6.38. The summed E-state index contributed by atoms with van der Waals surface area (Å²) < 4.78 is 0. The molecule has 1 aliphatic heterocycles. The number of rotatable bonds is 6. The minimum absolute atomic E-state index is 0.0760. The predicted molar refractivity (Wildman–Crippen MR) is 106 cm³/mol. The van der Waals surface area contributed by atoms with Gasteiger partial charge in [0.25, 0.3) is 0 Å². The summed E-state index contributed by atoms with van der Waals surface area (Å²) in [7, 11) is 0. The molecule has 1 amide bonds. The number of nitrogens with zero attached hydrogens (tertiary/aromatic N) is 3. The Morgan fingerprint density at radius 2 is 1.69 bits per heavy atom. The van der Waals surface area contributed by atoms with Crippen molar-refractivity contribution in [3.63, 3.8) is 0 Å². The molecule has 136 valence electrons. The number of amides is 1. The third-order valence-electron chi connectivity index (χ3n) is 4.63. The molecular weight excluding hydrogens is 326 g/mol. The number of hydrogen-bond donors (Lipinski definition) is 1. The first-order chi connectivity index (χ1) is 12.7. The minimum atomic E-state index is 0.0760. The highest BCUT2D eigenvalue weighted by atomic mass is 16.3. The van der Waals surface area contributed by atoms with Crippen LogP contribution in [0.4, 0.5) is 11.4 Å². The van der Waals surface area contributed by atoms with Crippen molar-refractivity contribution in [2.45, 2.75) is 0 Å². The van der Waals surface area contributed by atoms with E-state index in [0.717, 1.165) is 37.6 Å². The normalized spacial score (nSPS) is 14.8. The molecule has 1 fully saturated rings. The predicted octanol–water partition coefficient (Wildman–Crippen LogP) is 2.73. The second-order valence-corrected chi connectivity index (χ2v) is 6.38. The Hall–Kier alpha value is -2.79. The van der Waals surface area contributed by atoms with Crippen molar-refractivity contribution in [2.75, 3.05) is 49.1 Å². The van der Waals surface area contributed by atoms with Gasteiger partial charge in [0.05, 0.1) is 12.2 Å². The number of phenols is 1. The largest absolute Gasteiger partial charge is 0.506 e. The number of carbonyl (C=O) groups is 1. The number of benzene rings is 2. The molecule has 1 aliphatic rings. The molecule has 0 unspecified atom stereocenters. The molecule has 0 bridgehead atoms. The number of aromatic hydroxyl groups is 1. The summed E-state index contributed by atoms with van der Waals surface area (Å²) in [6, 6.07) is 17.1. The molecule has 1 heterocycles. The lowest BCUT2D eigenvalue weighted by Crippen LogP contribution is -2.50. The molecule has 1 N–H and O–H groups in total. The van der Waals surface area contributed by atoms with Gasteiger partial charge in [-0.3, -0.25) is 9.69 Å². The smallest absolute Gasteiger partial charge is 0.241 e. The van der Waals surface area contributed by atoms with E-state index in [9.17, 15) is 9.90 Å². The van der Waals surface area contributed by atoms with E-state index in [0.29, 0.717) is 18.8 Å². The van der Waals surface area contributed by atoms with Gasteiger partial charge in [-0.05, 0) is 24.3 Å². The zero-order chi connectivity index (χ0) is 18.4. The third kappa shape index (κ3) is 4.24. The van der Waals surface area contributed by atoms with E-state index < -0.39 is 0 Å². The number of hydrogen-bond acceptors (Lipinski definition) is 4. The Bertz CT molecular complexity index is 740. The van der Waals surface area contributed by atoms with Crippen molar-refractivity contribution in [2.24, 2.45) is 0 Å². The Labute approximate surface area is 154 Å². The molecule has 3 rings (SSSR count). The van der Waals surface area contributed by atoms with Gasteiger partial charge in [-0.1, -0.05) is 36.4 Å². The van der Waals surface area contributed by atoms with Crippen LogP contribution in [0, 0.1) is 0 Å². The van der Waals surface area contributed by atoms with Crippen molar-refractivity contribution < 1.29 is 9.90 Å². The summed E-state index contributed by atoms with van der Waals surface area (Å²) in [6.07, 6.45) is 1.75. The van der Waals surface area contributed by atoms with Crippen LogP contribution < -0.4 is 9.80 Å². The molecule has 0 aromatic heterocycles. The Morgan fingerprint density at radius 1 is 1.04 bits per heavy atom. The van der Waals surface area contributed by atoms with Gasteiger partial charge in [-0.25, -0.2) is 0 Å². The summed E-state index contributed by atoms with van der Waals surface area (Å²) in [5.74, 6) is 0.380. The highest BCUT2D eigenvalue weighted by molar-refractivity contribution is 5.95. The van der Waals surface area contributed by atoms with Crippen LogP contribution in [-0.2, 0) is 4.79 Å². The molecule has 1 saturated heterocycles. The van der Waals surface area contributed by atoms with Crippen molar-refractivity contribution >= 4 is 17.3 Å². The lowest BCUT2D eigenvalue weighted by Gasteiger charge is -2.36. The van der Waals surface area contributed by atoms with Gasteiger partial charge in [0.15, 0.2) is 0 Å². The van der Waals surface area contributed by atoms with Crippen molar-refractivity contribution in [1.29, 1.82) is 0 Å². The van der Waals surface area contributed by atoms with E-state index in [1.165, 1.54) is 0 Å². The molecule has 2 aromatic rings. The van der Waals surface area contributed by atoms with Gasteiger partial charge in [0.2, 0.25) is 5.91 Å². The van der Waals surface area contributed by atoms with E-state index in [1.807, 2.05) is 48.5 Å². The maximum Gasteiger partial charge on any atom is 0.241 e. The molecule has 0 atom stereocenters. The molecule has 26 heavy (non-hydrogen) atoms. The van der Waals surface area contributed by atoms with E-state index in [4.69, 9.17) is 0 Å². The van der Waals surface area contributed by atoms with Gasteiger partial charge in [0, 0.05) is 38.4 Å². The molecular formula is C21H25N3O2. The van der Waals surface area contributed by atoms with Crippen LogP contribution in [0.2, 0.25) is 0 Å². The fourth-order valence-electron chi connectivity index (χ4n) is 3.24. The fourth-order valence-corrected chi connectivity index (χ4v) is 3.24. The summed E-state index contributed by atoms with van der Waals surface area (Å²) in [4.78, 5) is 18.9. The third-order valence-corrected chi connectivity index (χ3v) is 4.63. The minimum Gasteiger partial charge on any atom is -0.506 e. The Morgan fingerprint density at radius 3 is 2.35 bits per heavy atom. The van der Waals surface area contributed by atoms with Crippen molar-refractivity contribution in [1.82, 2.24) is 4.90 Å². The van der Waals surface area contributed by atoms with Crippen molar-refractivity contribution in [3.05, 3.63) is 67.3 Å². The van der Waals surface area contributed by atoms with Gasteiger partial charge >= 0.3 is 0 Å². The van der Waals surface area contributed by atoms with Crippen LogP contribution in [0.25, 0.3) is 0 Å². The SMILES string of the molecule is C=CCN(C(=O)CN1CCN(c2ccccc2O)CC1)c1ccccc1. The second kappa shape index (κ2) is 8.54. The van der Waals surface area contributed by atoms with E-state index in [1.54, 1.807) is 17.0 Å². The summed E-state index contributed by atoms with van der Waals surface area (Å²) in [6.45, 7) is 7.81. The lowest BCUT2D eigenvalue weighted by atomic mass is 10.2. The Kier molecular flexibility index (Phi) is 5.92. The number of anilines is 2. The van der Waals surface area contributed by atoms with E-state index >= 15 is 0 Å². The molecule has 0 saturated carbocycles. The average molecular weight is 351 g/mol. The van der Waals surface area contributed by atoms with Crippen LogP contribution in [0.3, 0.4) is 0 Å². The van der Waals surface area contributed by atoms with Crippen LogP contribution in [0.1, 0.15) is 0 Å². The number of phenolic OH excluding ortho intramolecular Hbond substituents is 1. The molecule has 0 spiro atoms. The lowest BCUT2D eigenvalue weighted by molar-refractivity contribution is -0.119. The zero-order valence-electron chi connectivity index (χ0n) is 14.9. The first kappa shape index (κ1) is 18.0. The molecule has 0 aliphatic carbocycles.